The topological polar surface area (TPSA) is 38.7 Å². The largest absolute Gasteiger partial charge is 0.497 e. The highest BCUT2D eigenvalue weighted by Crippen LogP contribution is 2.39. The quantitative estimate of drug-likeness (QED) is 0.857. The van der Waals surface area contributed by atoms with Gasteiger partial charge < -0.3 is 14.6 Å². The van der Waals surface area contributed by atoms with Crippen molar-refractivity contribution in [1.29, 1.82) is 0 Å². The molecule has 1 heterocycles. The van der Waals surface area contributed by atoms with E-state index in [9.17, 15) is 5.11 Å². The molecule has 0 spiro atoms. The van der Waals surface area contributed by atoms with Crippen LogP contribution in [-0.2, 0) is 10.3 Å². The lowest BCUT2D eigenvalue weighted by molar-refractivity contribution is -0.148. The summed E-state index contributed by atoms with van der Waals surface area (Å²) in [7, 11) is 1.64. The van der Waals surface area contributed by atoms with E-state index in [1.165, 1.54) is 0 Å². The summed E-state index contributed by atoms with van der Waals surface area (Å²) in [6, 6.07) is 7.63. The molecule has 17 heavy (non-hydrogen) atoms. The van der Waals surface area contributed by atoms with E-state index >= 15 is 0 Å². The van der Waals surface area contributed by atoms with Gasteiger partial charge in [-0.15, -0.1) is 0 Å². The maximum Gasteiger partial charge on any atom is 0.118 e. The van der Waals surface area contributed by atoms with Crippen molar-refractivity contribution in [2.75, 3.05) is 13.7 Å². The van der Waals surface area contributed by atoms with E-state index in [-0.39, 0.29) is 5.60 Å². The number of rotatable bonds is 2. The van der Waals surface area contributed by atoms with Gasteiger partial charge >= 0.3 is 0 Å². The monoisotopic (exact) mass is 236 g/mol. The predicted molar refractivity (Wildman–Crippen MR) is 66.2 cm³/mol. The maximum atomic E-state index is 10.7. The van der Waals surface area contributed by atoms with Crippen molar-refractivity contribution < 1.29 is 14.6 Å². The van der Waals surface area contributed by atoms with Crippen molar-refractivity contribution in [2.24, 2.45) is 0 Å². The van der Waals surface area contributed by atoms with Crippen LogP contribution in [0.1, 0.15) is 32.3 Å². The fraction of sp³-hybridized carbons (Fsp3) is 0.571. The Morgan fingerprint density at radius 2 is 1.88 bits per heavy atom. The molecule has 0 aromatic heterocycles. The first-order valence-corrected chi connectivity index (χ1v) is 5.96. The molecule has 0 radical (unpaired) electrons. The zero-order chi connectivity index (χ0) is 12.5. The molecule has 94 valence electrons. The number of ether oxygens (including phenoxy) is 2. The molecular weight excluding hydrogens is 216 g/mol. The first-order chi connectivity index (χ1) is 7.95. The molecule has 3 nitrogen and oxygen atoms in total. The van der Waals surface area contributed by atoms with Gasteiger partial charge in [0.05, 0.1) is 24.9 Å². The molecule has 0 bridgehead atoms. The van der Waals surface area contributed by atoms with Crippen molar-refractivity contribution in [3.63, 3.8) is 0 Å². The minimum absolute atomic E-state index is 0.271. The van der Waals surface area contributed by atoms with E-state index in [4.69, 9.17) is 9.47 Å². The normalized spacial score (nSPS) is 27.8. The van der Waals surface area contributed by atoms with Gasteiger partial charge in [0.2, 0.25) is 0 Å². The van der Waals surface area contributed by atoms with Crippen LogP contribution in [0.3, 0.4) is 0 Å². The Morgan fingerprint density at radius 3 is 2.41 bits per heavy atom. The van der Waals surface area contributed by atoms with Crippen LogP contribution in [-0.4, -0.2) is 24.4 Å². The summed E-state index contributed by atoms with van der Waals surface area (Å²) in [6.45, 7) is 4.62. The number of hydrogen-bond acceptors (Lipinski definition) is 3. The standard InChI is InChI=1S/C14H20O3/c1-13(2)10-14(15,8-9-17-13)11-4-6-12(16-3)7-5-11/h4-7,15H,8-10H2,1-3H3. The summed E-state index contributed by atoms with van der Waals surface area (Å²) in [6.07, 6.45) is 1.26. The Kier molecular flexibility index (Phi) is 3.15. The Bertz CT molecular complexity index is 383. The fourth-order valence-corrected chi connectivity index (χ4v) is 2.49. The van der Waals surface area contributed by atoms with E-state index < -0.39 is 5.60 Å². The molecule has 1 aromatic rings. The van der Waals surface area contributed by atoms with Crippen LogP contribution in [0.25, 0.3) is 0 Å². The first kappa shape index (κ1) is 12.4. The van der Waals surface area contributed by atoms with Gasteiger partial charge in [0, 0.05) is 12.8 Å². The van der Waals surface area contributed by atoms with E-state index in [0.29, 0.717) is 19.4 Å². The summed E-state index contributed by atoms with van der Waals surface area (Å²) in [5.41, 5.74) is -0.115. The van der Waals surface area contributed by atoms with Crippen molar-refractivity contribution in [3.05, 3.63) is 29.8 Å². The Hall–Kier alpha value is -1.06. The van der Waals surface area contributed by atoms with Gasteiger partial charge in [0.15, 0.2) is 0 Å². The SMILES string of the molecule is COc1ccc(C2(O)CCOC(C)(C)C2)cc1. The molecule has 1 atom stereocenters. The van der Waals surface area contributed by atoms with E-state index in [2.05, 4.69) is 0 Å². The molecular formula is C14H20O3. The van der Waals surface area contributed by atoms with Crippen LogP contribution >= 0.6 is 0 Å². The van der Waals surface area contributed by atoms with Gasteiger partial charge in [-0.2, -0.15) is 0 Å². The lowest BCUT2D eigenvalue weighted by atomic mass is 9.79. The highest BCUT2D eigenvalue weighted by Gasteiger charge is 2.40. The Labute approximate surface area is 102 Å². The van der Waals surface area contributed by atoms with E-state index in [1.54, 1.807) is 7.11 Å². The van der Waals surface area contributed by atoms with Crippen LogP contribution in [0.15, 0.2) is 24.3 Å². The third-order valence-corrected chi connectivity index (χ3v) is 3.35. The molecule has 0 amide bonds. The number of aliphatic hydroxyl groups is 1. The summed E-state index contributed by atoms with van der Waals surface area (Å²) in [5.74, 6) is 0.809. The molecule has 0 aliphatic carbocycles. The number of benzene rings is 1. The molecule has 1 saturated heterocycles. The average molecular weight is 236 g/mol. The molecule has 1 fully saturated rings. The lowest BCUT2D eigenvalue weighted by Crippen LogP contribution is -2.43. The molecule has 0 saturated carbocycles. The van der Waals surface area contributed by atoms with Gasteiger partial charge in [0.25, 0.3) is 0 Å². The van der Waals surface area contributed by atoms with Crippen molar-refractivity contribution in [2.45, 2.75) is 37.9 Å². The van der Waals surface area contributed by atoms with Crippen molar-refractivity contribution in [3.8, 4) is 5.75 Å². The average Bonchev–Trinajstić information content (AvgIpc) is 2.27. The van der Waals surface area contributed by atoms with Gasteiger partial charge in [-0.3, -0.25) is 0 Å². The van der Waals surface area contributed by atoms with Crippen molar-refractivity contribution in [1.82, 2.24) is 0 Å². The smallest absolute Gasteiger partial charge is 0.118 e. The second kappa shape index (κ2) is 4.31. The van der Waals surface area contributed by atoms with Crippen LogP contribution in [0.5, 0.6) is 5.75 Å². The third kappa shape index (κ3) is 2.61. The number of hydrogen-bond donors (Lipinski definition) is 1. The van der Waals surface area contributed by atoms with Gasteiger partial charge in [-0.25, -0.2) is 0 Å². The van der Waals surface area contributed by atoms with Crippen LogP contribution in [0.2, 0.25) is 0 Å². The summed E-state index contributed by atoms with van der Waals surface area (Å²) in [5, 5.41) is 10.7. The molecule has 1 N–H and O–H groups in total. The van der Waals surface area contributed by atoms with Gasteiger partial charge in [-0.1, -0.05) is 12.1 Å². The molecule has 2 rings (SSSR count). The second-order valence-corrected chi connectivity index (χ2v) is 5.30. The van der Waals surface area contributed by atoms with Gasteiger partial charge in [0.1, 0.15) is 5.75 Å². The molecule has 1 aliphatic rings. The number of methoxy groups -OCH3 is 1. The second-order valence-electron chi connectivity index (χ2n) is 5.30. The van der Waals surface area contributed by atoms with Crippen LogP contribution in [0.4, 0.5) is 0 Å². The molecule has 1 unspecified atom stereocenters. The minimum atomic E-state index is -0.784. The van der Waals surface area contributed by atoms with E-state index in [0.717, 1.165) is 11.3 Å². The summed E-state index contributed by atoms with van der Waals surface area (Å²) >= 11 is 0. The summed E-state index contributed by atoms with van der Waals surface area (Å²) < 4.78 is 10.8. The Morgan fingerprint density at radius 1 is 1.24 bits per heavy atom. The van der Waals surface area contributed by atoms with Crippen LogP contribution in [0, 0.1) is 0 Å². The van der Waals surface area contributed by atoms with E-state index in [1.807, 2.05) is 38.1 Å². The zero-order valence-electron chi connectivity index (χ0n) is 10.7. The Balaban J connectivity index is 2.24. The third-order valence-electron chi connectivity index (χ3n) is 3.35. The fourth-order valence-electron chi connectivity index (χ4n) is 2.49. The molecule has 3 heteroatoms. The zero-order valence-corrected chi connectivity index (χ0v) is 10.7. The molecule has 1 aromatic carbocycles. The first-order valence-electron chi connectivity index (χ1n) is 5.96. The van der Waals surface area contributed by atoms with Gasteiger partial charge in [-0.05, 0) is 31.5 Å². The van der Waals surface area contributed by atoms with Crippen LogP contribution < -0.4 is 4.74 Å². The minimum Gasteiger partial charge on any atom is -0.497 e. The lowest BCUT2D eigenvalue weighted by Gasteiger charge is -2.41. The molecule has 1 aliphatic heterocycles. The summed E-state index contributed by atoms with van der Waals surface area (Å²) in [4.78, 5) is 0. The predicted octanol–water partition coefficient (Wildman–Crippen LogP) is 2.47. The highest BCUT2D eigenvalue weighted by molar-refractivity contribution is 5.31. The maximum absolute atomic E-state index is 10.7. The van der Waals surface area contributed by atoms with Crippen molar-refractivity contribution >= 4 is 0 Å². The highest BCUT2D eigenvalue weighted by atomic mass is 16.5.